The van der Waals surface area contributed by atoms with E-state index in [0.717, 1.165) is 49.9 Å². The molecule has 2 unspecified atom stereocenters. The van der Waals surface area contributed by atoms with Crippen molar-refractivity contribution in [1.82, 2.24) is 15.0 Å². The molecule has 166 valence electrons. The van der Waals surface area contributed by atoms with Gasteiger partial charge in [-0.05, 0) is 62.5 Å². The first-order chi connectivity index (χ1) is 15.4. The molecule has 2 aliphatic rings. The van der Waals surface area contributed by atoms with E-state index in [1.54, 1.807) is 18.2 Å². The lowest BCUT2D eigenvalue weighted by atomic mass is 9.93. The Morgan fingerprint density at radius 3 is 1.75 bits per heavy atom. The number of thiazole rings is 2. The standard InChI is InChI=1S/C23H25N5O2S2/c1-12-6-8-14-18(10-12)31-22(25-14)27-20(29)16-4-3-5-17(24-16)21(30)28-23-26-15-9-7-13(2)11-19(15)32-23/h3-5,12-13H,6-11H2,1-2H3,(H,25,27,29)(H,26,28,30). The average Bonchev–Trinajstić information content (AvgIpc) is 3.35. The van der Waals surface area contributed by atoms with Crippen LogP contribution in [0.2, 0.25) is 0 Å². The van der Waals surface area contributed by atoms with Crippen molar-refractivity contribution in [3.05, 3.63) is 50.7 Å². The third kappa shape index (κ3) is 4.45. The molecule has 2 N–H and O–H groups in total. The fourth-order valence-corrected chi connectivity index (χ4v) is 6.53. The minimum absolute atomic E-state index is 0.187. The summed E-state index contributed by atoms with van der Waals surface area (Å²) >= 11 is 3.06. The Morgan fingerprint density at radius 2 is 1.28 bits per heavy atom. The molecule has 0 bridgehead atoms. The lowest BCUT2D eigenvalue weighted by Gasteiger charge is -2.15. The highest BCUT2D eigenvalue weighted by Gasteiger charge is 2.23. The first-order valence-electron chi connectivity index (χ1n) is 11.0. The number of amides is 2. The van der Waals surface area contributed by atoms with Gasteiger partial charge >= 0.3 is 0 Å². The molecule has 0 aliphatic heterocycles. The van der Waals surface area contributed by atoms with E-state index in [9.17, 15) is 9.59 Å². The van der Waals surface area contributed by atoms with Gasteiger partial charge in [0.15, 0.2) is 10.3 Å². The molecule has 0 saturated heterocycles. The minimum atomic E-state index is -0.363. The van der Waals surface area contributed by atoms with Crippen LogP contribution in [0.4, 0.5) is 10.3 Å². The molecule has 0 saturated carbocycles. The predicted molar refractivity (Wildman–Crippen MR) is 127 cm³/mol. The maximum Gasteiger partial charge on any atom is 0.276 e. The van der Waals surface area contributed by atoms with Gasteiger partial charge in [-0.25, -0.2) is 15.0 Å². The topological polar surface area (TPSA) is 96.9 Å². The van der Waals surface area contributed by atoms with Crippen LogP contribution in [0.25, 0.3) is 0 Å². The van der Waals surface area contributed by atoms with Crippen LogP contribution in [-0.4, -0.2) is 26.8 Å². The monoisotopic (exact) mass is 467 g/mol. The van der Waals surface area contributed by atoms with Gasteiger partial charge in [-0.2, -0.15) is 0 Å². The molecule has 5 rings (SSSR count). The molecule has 0 fully saturated rings. The molecule has 2 aliphatic carbocycles. The number of carbonyl (C=O) groups is 2. The van der Waals surface area contributed by atoms with Crippen molar-refractivity contribution in [1.29, 1.82) is 0 Å². The zero-order valence-electron chi connectivity index (χ0n) is 18.1. The smallest absolute Gasteiger partial charge is 0.276 e. The second kappa shape index (κ2) is 8.71. The van der Waals surface area contributed by atoms with Crippen molar-refractivity contribution in [2.24, 2.45) is 11.8 Å². The fraction of sp³-hybridized carbons (Fsp3) is 0.435. The number of pyridine rings is 1. The summed E-state index contributed by atoms with van der Waals surface area (Å²) in [6.45, 7) is 4.48. The van der Waals surface area contributed by atoms with Gasteiger partial charge in [-0.3, -0.25) is 20.2 Å². The van der Waals surface area contributed by atoms with Crippen LogP contribution in [-0.2, 0) is 25.7 Å². The van der Waals surface area contributed by atoms with E-state index in [2.05, 4.69) is 39.4 Å². The van der Waals surface area contributed by atoms with Crippen LogP contribution in [0.15, 0.2) is 18.2 Å². The minimum Gasteiger partial charge on any atom is -0.296 e. The Labute approximate surface area is 194 Å². The highest BCUT2D eigenvalue weighted by molar-refractivity contribution is 7.16. The number of nitrogens with zero attached hydrogens (tertiary/aromatic N) is 3. The fourth-order valence-electron chi connectivity index (χ4n) is 4.20. The summed E-state index contributed by atoms with van der Waals surface area (Å²) in [4.78, 5) is 41.4. The van der Waals surface area contributed by atoms with Crippen LogP contribution in [0.3, 0.4) is 0 Å². The van der Waals surface area contributed by atoms with E-state index in [0.29, 0.717) is 22.1 Å². The van der Waals surface area contributed by atoms with E-state index in [4.69, 9.17) is 0 Å². The SMILES string of the molecule is CC1CCc2nc(NC(=O)c3cccc(C(=O)Nc4nc5c(s4)CC(C)CC5)n3)sc2C1. The van der Waals surface area contributed by atoms with Crippen LogP contribution < -0.4 is 10.6 Å². The van der Waals surface area contributed by atoms with Gasteiger partial charge < -0.3 is 0 Å². The van der Waals surface area contributed by atoms with Gasteiger partial charge in [0.2, 0.25) is 0 Å². The number of aromatic nitrogens is 3. The second-order valence-electron chi connectivity index (χ2n) is 8.79. The van der Waals surface area contributed by atoms with Crippen LogP contribution >= 0.6 is 22.7 Å². The molecule has 9 heteroatoms. The maximum absolute atomic E-state index is 12.7. The Bertz CT molecular complexity index is 1100. The third-order valence-corrected chi connectivity index (χ3v) is 8.10. The van der Waals surface area contributed by atoms with Crippen molar-refractivity contribution in [2.45, 2.75) is 52.4 Å². The molecule has 2 atom stereocenters. The number of fused-ring (bicyclic) bond motifs is 2. The second-order valence-corrected chi connectivity index (χ2v) is 11.0. The van der Waals surface area contributed by atoms with Gasteiger partial charge in [0.25, 0.3) is 11.8 Å². The van der Waals surface area contributed by atoms with E-state index in [-0.39, 0.29) is 23.2 Å². The van der Waals surface area contributed by atoms with Gasteiger partial charge in [0, 0.05) is 9.75 Å². The number of aryl methyl sites for hydroxylation is 2. The number of carbonyl (C=O) groups excluding carboxylic acids is 2. The first-order valence-corrected chi connectivity index (χ1v) is 12.6. The van der Waals surface area contributed by atoms with E-state index < -0.39 is 0 Å². The summed E-state index contributed by atoms with van der Waals surface area (Å²) in [5.41, 5.74) is 2.55. The summed E-state index contributed by atoms with van der Waals surface area (Å²) < 4.78 is 0. The maximum atomic E-state index is 12.7. The predicted octanol–water partition coefficient (Wildman–Crippen LogP) is 4.75. The number of rotatable bonds is 4. The molecule has 0 spiro atoms. The molecule has 32 heavy (non-hydrogen) atoms. The highest BCUT2D eigenvalue weighted by atomic mass is 32.1. The van der Waals surface area contributed by atoms with Crippen molar-refractivity contribution < 1.29 is 9.59 Å². The van der Waals surface area contributed by atoms with Crippen molar-refractivity contribution in [3.63, 3.8) is 0 Å². The average molecular weight is 468 g/mol. The molecular weight excluding hydrogens is 442 g/mol. The highest BCUT2D eigenvalue weighted by Crippen LogP contribution is 2.33. The summed E-state index contributed by atoms with van der Waals surface area (Å²) in [5, 5.41) is 6.88. The summed E-state index contributed by atoms with van der Waals surface area (Å²) in [6.07, 6.45) is 6.19. The Morgan fingerprint density at radius 1 is 0.812 bits per heavy atom. The van der Waals surface area contributed by atoms with Crippen LogP contribution in [0, 0.1) is 11.8 Å². The molecule has 3 aromatic heterocycles. The van der Waals surface area contributed by atoms with Crippen molar-refractivity contribution >= 4 is 44.8 Å². The molecule has 2 amide bonds. The number of hydrogen-bond acceptors (Lipinski definition) is 7. The Balaban J connectivity index is 1.27. The summed E-state index contributed by atoms with van der Waals surface area (Å²) in [7, 11) is 0. The van der Waals surface area contributed by atoms with E-state index in [1.807, 2.05) is 0 Å². The molecule has 7 nitrogen and oxygen atoms in total. The molecule has 0 aromatic carbocycles. The summed E-state index contributed by atoms with van der Waals surface area (Å²) in [6, 6.07) is 4.87. The van der Waals surface area contributed by atoms with E-state index in [1.165, 1.54) is 32.4 Å². The third-order valence-electron chi connectivity index (χ3n) is 6.03. The first kappa shape index (κ1) is 21.2. The molecular formula is C23H25N5O2S2. The van der Waals surface area contributed by atoms with Gasteiger partial charge in [0.05, 0.1) is 11.4 Å². The van der Waals surface area contributed by atoms with Crippen LogP contribution in [0.5, 0.6) is 0 Å². The van der Waals surface area contributed by atoms with E-state index >= 15 is 0 Å². The quantitative estimate of drug-likeness (QED) is 0.577. The van der Waals surface area contributed by atoms with Crippen LogP contribution in [0.1, 0.15) is 68.8 Å². The Kier molecular flexibility index (Phi) is 5.77. The largest absolute Gasteiger partial charge is 0.296 e. The number of hydrogen-bond donors (Lipinski definition) is 2. The van der Waals surface area contributed by atoms with Gasteiger partial charge in [-0.1, -0.05) is 19.9 Å². The zero-order chi connectivity index (χ0) is 22.2. The zero-order valence-corrected chi connectivity index (χ0v) is 19.7. The van der Waals surface area contributed by atoms with Gasteiger partial charge in [0.1, 0.15) is 11.4 Å². The summed E-state index contributed by atoms with van der Waals surface area (Å²) in [5.74, 6) is 0.570. The molecule has 0 radical (unpaired) electrons. The molecule has 3 aromatic rings. The number of anilines is 2. The number of nitrogens with one attached hydrogen (secondary N) is 2. The Hall–Kier alpha value is -2.65. The molecule has 3 heterocycles. The normalized spacial score (nSPS) is 19.7. The van der Waals surface area contributed by atoms with Crippen molar-refractivity contribution in [2.75, 3.05) is 10.6 Å². The van der Waals surface area contributed by atoms with Crippen molar-refractivity contribution in [3.8, 4) is 0 Å². The lowest BCUT2D eigenvalue weighted by Crippen LogP contribution is -2.18. The lowest BCUT2D eigenvalue weighted by molar-refractivity contribution is 0.101. The van der Waals surface area contributed by atoms with Gasteiger partial charge in [-0.15, -0.1) is 22.7 Å².